The predicted molar refractivity (Wildman–Crippen MR) is 74.5 cm³/mol. The maximum Gasteiger partial charge on any atom is 0.221 e. The molecule has 0 radical (unpaired) electrons. The minimum Gasteiger partial charge on any atom is -0.439 e. The van der Waals surface area contributed by atoms with Gasteiger partial charge in [0.1, 0.15) is 5.75 Å². The number of nitrogens with one attached hydrogen (secondary N) is 1. The van der Waals surface area contributed by atoms with Gasteiger partial charge in [0.05, 0.1) is 11.9 Å². The van der Waals surface area contributed by atoms with Crippen molar-refractivity contribution >= 4 is 11.6 Å². The maximum absolute atomic E-state index is 10.9. The van der Waals surface area contributed by atoms with E-state index in [0.717, 1.165) is 5.75 Å². The van der Waals surface area contributed by atoms with Crippen molar-refractivity contribution in [2.24, 2.45) is 0 Å². The molecule has 1 aromatic carbocycles. The summed E-state index contributed by atoms with van der Waals surface area (Å²) in [6, 6.07) is 9.37. The normalized spacial score (nSPS) is 10.1. The number of pyridine rings is 1. The molecule has 1 heterocycles. The molecule has 0 aliphatic heterocycles. The molecule has 0 fully saturated rings. The quantitative estimate of drug-likeness (QED) is 0.915. The maximum atomic E-state index is 10.9. The van der Waals surface area contributed by atoms with E-state index in [2.05, 4.69) is 17.2 Å². The summed E-state index contributed by atoms with van der Waals surface area (Å²) in [6.45, 7) is 5.55. The van der Waals surface area contributed by atoms with Crippen LogP contribution in [0.4, 0.5) is 5.69 Å². The van der Waals surface area contributed by atoms with Crippen molar-refractivity contribution < 1.29 is 9.53 Å². The summed E-state index contributed by atoms with van der Waals surface area (Å²) < 4.78 is 5.65. The Labute approximate surface area is 112 Å². The van der Waals surface area contributed by atoms with E-state index in [9.17, 15) is 4.79 Å². The molecule has 0 aliphatic carbocycles. The van der Waals surface area contributed by atoms with Crippen LogP contribution in [-0.4, -0.2) is 10.9 Å². The lowest BCUT2D eigenvalue weighted by molar-refractivity contribution is -0.114. The van der Waals surface area contributed by atoms with Crippen LogP contribution in [0.25, 0.3) is 0 Å². The van der Waals surface area contributed by atoms with E-state index in [1.54, 1.807) is 18.3 Å². The summed E-state index contributed by atoms with van der Waals surface area (Å²) in [5.41, 5.74) is 3.05. The van der Waals surface area contributed by atoms with Gasteiger partial charge in [0.25, 0.3) is 0 Å². The van der Waals surface area contributed by atoms with E-state index in [0.29, 0.717) is 11.6 Å². The summed E-state index contributed by atoms with van der Waals surface area (Å²) in [7, 11) is 0. The highest BCUT2D eigenvalue weighted by molar-refractivity contribution is 5.88. The van der Waals surface area contributed by atoms with Crippen LogP contribution < -0.4 is 10.1 Å². The molecule has 2 rings (SSSR count). The lowest BCUT2D eigenvalue weighted by atomic mass is 10.1. The molecule has 2 aromatic rings. The molecule has 1 aromatic heterocycles. The lowest BCUT2D eigenvalue weighted by Gasteiger charge is -2.08. The first kappa shape index (κ1) is 13.1. The smallest absolute Gasteiger partial charge is 0.221 e. The number of carbonyl (C=O) groups excluding carboxylic acids is 1. The monoisotopic (exact) mass is 256 g/mol. The van der Waals surface area contributed by atoms with Gasteiger partial charge in [-0.15, -0.1) is 0 Å². The summed E-state index contributed by atoms with van der Waals surface area (Å²) in [5, 5.41) is 2.66. The zero-order valence-electron chi connectivity index (χ0n) is 11.2. The molecular weight excluding hydrogens is 240 g/mol. The Bertz CT molecular complexity index is 592. The van der Waals surface area contributed by atoms with E-state index in [1.165, 1.54) is 18.1 Å². The molecule has 1 amide bonds. The van der Waals surface area contributed by atoms with Crippen molar-refractivity contribution in [1.82, 2.24) is 4.98 Å². The number of hydrogen-bond donors (Lipinski definition) is 1. The Kier molecular flexibility index (Phi) is 3.80. The molecule has 0 saturated carbocycles. The first-order valence-electron chi connectivity index (χ1n) is 6.03. The third-order valence-corrected chi connectivity index (χ3v) is 2.76. The molecular formula is C15H16N2O2. The lowest BCUT2D eigenvalue weighted by Crippen LogP contribution is -2.05. The third-order valence-electron chi connectivity index (χ3n) is 2.76. The predicted octanol–water partition coefficient (Wildman–Crippen LogP) is 3.45. The van der Waals surface area contributed by atoms with E-state index < -0.39 is 0 Å². The molecule has 0 bridgehead atoms. The number of benzene rings is 1. The van der Waals surface area contributed by atoms with Crippen molar-refractivity contribution in [2.75, 3.05) is 5.32 Å². The molecule has 19 heavy (non-hydrogen) atoms. The standard InChI is InChI=1S/C15H16N2O2/c1-10-4-6-14(8-11(10)2)19-15-7-5-13(9-16-15)17-12(3)18/h4-9H,1-3H3,(H,17,18). The van der Waals surface area contributed by atoms with E-state index >= 15 is 0 Å². The van der Waals surface area contributed by atoms with Crippen LogP contribution in [0, 0.1) is 13.8 Å². The Hall–Kier alpha value is -2.36. The van der Waals surface area contributed by atoms with Gasteiger partial charge in [0, 0.05) is 13.0 Å². The van der Waals surface area contributed by atoms with Crippen LogP contribution in [0.15, 0.2) is 36.5 Å². The number of carbonyl (C=O) groups is 1. The highest BCUT2D eigenvalue weighted by atomic mass is 16.5. The fraction of sp³-hybridized carbons (Fsp3) is 0.200. The van der Waals surface area contributed by atoms with Gasteiger partial charge in [-0.25, -0.2) is 4.98 Å². The Morgan fingerprint density at radius 1 is 1.16 bits per heavy atom. The van der Waals surface area contributed by atoms with Gasteiger partial charge in [-0.3, -0.25) is 4.79 Å². The second kappa shape index (κ2) is 5.52. The van der Waals surface area contributed by atoms with Crippen molar-refractivity contribution in [3.63, 3.8) is 0 Å². The van der Waals surface area contributed by atoms with E-state index in [1.807, 2.05) is 25.1 Å². The molecule has 98 valence electrons. The Morgan fingerprint density at radius 3 is 2.53 bits per heavy atom. The van der Waals surface area contributed by atoms with Crippen LogP contribution in [0.3, 0.4) is 0 Å². The molecule has 0 unspecified atom stereocenters. The SMILES string of the molecule is CC(=O)Nc1ccc(Oc2ccc(C)c(C)c2)nc1. The highest BCUT2D eigenvalue weighted by Crippen LogP contribution is 2.22. The second-order valence-electron chi connectivity index (χ2n) is 4.41. The number of hydrogen-bond acceptors (Lipinski definition) is 3. The van der Waals surface area contributed by atoms with Crippen LogP contribution >= 0.6 is 0 Å². The van der Waals surface area contributed by atoms with Crippen LogP contribution in [0.5, 0.6) is 11.6 Å². The Balaban J connectivity index is 2.10. The zero-order valence-corrected chi connectivity index (χ0v) is 11.2. The number of aromatic nitrogens is 1. The van der Waals surface area contributed by atoms with Crippen LogP contribution in [0.1, 0.15) is 18.1 Å². The largest absolute Gasteiger partial charge is 0.439 e. The molecule has 1 N–H and O–H groups in total. The van der Waals surface area contributed by atoms with Gasteiger partial charge in [-0.2, -0.15) is 0 Å². The van der Waals surface area contributed by atoms with Gasteiger partial charge in [-0.05, 0) is 43.2 Å². The number of rotatable bonds is 3. The van der Waals surface area contributed by atoms with Gasteiger partial charge in [-0.1, -0.05) is 6.07 Å². The van der Waals surface area contributed by atoms with Crippen molar-refractivity contribution in [1.29, 1.82) is 0 Å². The molecule has 4 nitrogen and oxygen atoms in total. The van der Waals surface area contributed by atoms with Crippen molar-refractivity contribution in [3.05, 3.63) is 47.7 Å². The van der Waals surface area contributed by atoms with Gasteiger partial charge >= 0.3 is 0 Å². The fourth-order valence-electron chi connectivity index (χ4n) is 1.62. The minimum atomic E-state index is -0.121. The molecule has 0 spiro atoms. The molecule has 0 atom stereocenters. The summed E-state index contributed by atoms with van der Waals surface area (Å²) >= 11 is 0. The summed E-state index contributed by atoms with van der Waals surface area (Å²) in [5.74, 6) is 1.13. The third kappa shape index (κ3) is 3.55. The average molecular weight is 256 g/mol. The van der Waals surface area contributed by atoms with Gasteiger partial charge in [0.2, 0.25) is 11.8 Å². The zero-order chi connectivity index (χ0) is 13.8. The number of ether oxygens (including phenoxy) is 1. The van der Waals surface area contributed by atoms with E-state index in [4.69, 9.17) is 4.74 Å². The first-order chi connectivity index (χ1) is 9.04. The van der Waals surface area contributed by atoms with Crippen LogP contribution in [0.2, 0.25) is 0 Å². The number of aryl methyl sites for hydroxylation is 2. The van der Waals surface area contributed by atoms with Gasteiger partial charge < -0.3 is 10.1 Å². The number of nitrogens with zero attached hydrogens (tertiary/aromatic N) is 1. The molecule has 0 aliphatic rings. The van der Waals surface area contributed by atoms with Crippen molar-refractivity contribution in [3.8, 4) is 11.6 Å². The summed E-state index contributed by atoms with van der Waals surface area (Å²) in [4.78, 5) is 15.0. The molecule has 4 heteroatoms. The van der Waals surface area contributed by atoms with Gasteiger partial charge in [0.15, 0.2) is 0 Å². The average Bonchev–Trinajstić information content (AvgIpc) is 2.36. The second-order valence-corrected chi connectivity index (χ2v) is 4.41. The number of anilines is 1. The fourth-order valence-corrected chi connectivity index (χ4v) is 1.62. The first-order valence-corrected chi connectivity index (χ1v) is 6.03. The Morgan fingerprint density at radius 2 is 1.95 bits per heavy atom. The number of amides is 1. The van der Waals surface area contributed by atoms with Crippen molar-refractivity contribution in [2.45, 2.75) is 20.8 Å². The molecule has 0 saturated heterocycles. The minimum absolute atomic E-state index is 0.121. The summed E-state index contributed by atoms with van der Waals surface area (Å²) in [6.07, 6.45) is 1.57. The highest BCUT2D eigenvalue weighted by Gasteiger charge is 2.02. The van der Waals surface area contributed by atoms with E-state index in [-0.39, 0.29) is 5.91 Å². The van der Waals surface area contributed by atoms with Crippen LogP contribution in [-0.2, 0) is 4.79 Å². The topological polar surface area (TPSA) is 51.2 Å².